The van der Waals surface area contributed by atoms with E-state index < -0.39 is 5.51 Å². The van der Waals surface area contributed by atoms with E-state index in [0.717, 1.165) is 32.5 Å². The van der Waals surface area contributed by atoms with Crippen molar-refractivity contribution in [3.63, 3.8) is 0 Å². The summed E-state index contributed by atoms with van der Waals surface area (Å²) >= 11 is 0.112. The van der Waals surface area contributed by atoms with Crippen molar-refractivity contribution in [2.24, 2.45) is 5.92 Å². The third-order valence-corrected chi connectivity index (χ3v) is 4.31. The number of halogens is 3. The first kappa shape index (κ1) is 14.5. The predicted molar refractivity (Wildman–Crippen MR) is 68.7 cm³/mol. The fourth-order valence-electron chi connectivity index (χ4n) is 2.55. The molecule has 0 spiro atoms. The van der Waals surface area contributed by atoms with Crippen LogP contribution in [0.2, 0.25) is 0 Å². The largest absolute Gasteiger partial charge is 0.441 e. The number of thioether (sulfide) groups is 1. The van der Waals surface area contributed by atoms with E-state index in [4.69, 9.17) is 0 Å². The number of hydrogen-bond donors (Lipinski definition) is 1. The van der Waals surface area contributed by atoms with Gasteiger partial charge in [0.25, 0.3) is 0 Å². The van der Waals surface area contributed by atoms with E-state index in [-0.39, 0.29) is 17.5 Å². The maximum Gasteiger partial charge on any atom is 0.441 e. The molecule has 106 valence electrons. The lowest BCUT2D eigenvalue weighted by Crippen LogP contribution is -2.40. The molecule has 18 heavy (non-hydrogen) atoms. The molecule has 1 unspecified atom stereocenters. The van der Waals surface area contributed by atoms with Crippen LogP contribution in [-0.2, 0) is 0 Å². The predicted octanol–water partition coefficient (Wildman–Crippen LogP) is 2.70. The molecule has 0 radical (unpaired) electrons. The molecular formula is C12H21F3N2S. The van der Waals surface area contributed by atoms with E-state index in [1.54, 1.807) is 0 Å². The van der Waals surface area contributed by atoms with Crippen LogP contribution < -0.4 is 5.32 Å². The molecule has 0 aromatic carbocycles. The van der Waals surface area contributed by atoms with Gasteiger partial charge in [0.05, 0.1) is 0 Å². The van der Waals surface area contributed by atoms with Crippen molar-refractivity contribution in [2.45, 2.75) is 37.2 Å². The Bertz CT molecular complexity index is 250. The van der Waals surface area contributed by atoms with Crippen LogP contribution in [-0.4, -0.2) is 48.4 Å². The summed E-state index contributed by atoms with van der Waals surface area (Å²) in [5.74, 6) is 0.787. The fourth-order valence-corrected chi connectivity index (χ4v) is 3.11. The minimum absolute atomic E-state index is 0.112. The Balaban J connectivity index is 1.70. The van der Waals surface area contributed by atoms with E-state index in [0.29, 0.717) is 18.5 Å². The number of piperidine rings is 1. The van der Waals surface area contributed by atoms with Crippen molar-refractivity contribution in [2.75, 3.05) is 31.9 Å². The minimum atomic E-state index is -4.08. The molecule has 1 heterocycles. The van der Waals surface area contributed by atoms with Crippen LogP contribution in [0.3, 0.4) is 0 Å². The molecule has 2 aliphatic rings. The van der Waals surface area contributed by atoms with Crippen LogP contribution in [0.1, 0.15) is 25.7 Å². The van der Waals surface area contributed by atoms with Gasteiger partial charge in [0.1, 0.15) is 0 Å². The van der Waals surface area contributed by atoms with Gasteiger partial charge >= 0.3 is 5.51 Å². The lowest BCUT2D eigenvalue weighted by molar-refractivity contribution is -0.0329. The molecular weight excluding hydrogens is 261 g/mol. The topological polar surface area (TPSA) is 15.3 Å². The van der Waals surface area contributed by atoms with E-state index in [9.17, 15) is 13.2 Å². The summed E-state index contributed by atoms with van der Waals surface area (Å²) in [5.41, 5.74) is -4.08. The maximum absolute atomic E-state index is 12.1. The normalized spacial score (nSPS) is 25.7. The molecule has 6 heteroatoms. The highest BCUT2D eigenvalue weighted by Gasteiger charge is 2.32. The lowest BCUT2D eigenvalue weighted by Gasteiger charge is -2.30. The summed E-state index contributed by atoms with van der Waals surface area (Å²) < 4.78 is 36.3. The summed E-state index contributed by atoms with van der Waals surface area (Å²) in [6, 6.07) is 0.556. The molecule has 1 aliphatic carbocycles. The van der Waals surface area contributed by atoms with Gasteiger partial charge in [0.2, 0.25) is 0 Å². The molecule has 1 atom stereocenters. The lowest BCUT2D eigenvalue weighted by atomic mass is 9.99. The first-order valence-electron chi connectivity index (χ1n) is 6.70. The van der Waals surface area contributed by atoms with Crippen molar-refractivity contribution < 1.29 is 13.2 Å². The average molecular weight is 282 g/mol. The molecule has 0 amide bonds. The van der Waals surface area contributed by atoms with Crippen LogP contribution in [0.4, 0.5) is 13.2 Å². The van der Waals surface area contributed by atoms with Crippen molar-refractivity contribution in [3.05, 3.63) is 0 Å². The van der Waals surface area contributed by atoms with Crippen LogP contribution in [0.5, 0.6) is 0 Å². The molecule has 1 saturated heterocycles. The van der Waals surface area contributed by atoms with Crippen molar-refractivity contribution in [3.8, 4) is 0 Å². The molecule has 0 aromatic heterocycles. The third-order valence-electron chi connectivity index (χ3n) is 3.60. The van der Waals surface area contributed by atoms with Gasteiger partial charge in [0.15, 0.2) is 0 Å². The van der Waals surface area contributed by atoms with Gasteiger partial charge in [-0.15, -0.1) is 0 Å². The second-order valence-corrected chi connectivity index (χ2v) is 6.39. The highest BCUT2D eigenvalue weighted by Crippen LogP contribution is 2.32. The number of hydrogen-bond acceptors (Lipinski definition) is 3. The highest BCUT2D eigenvalue weighted by atomic mass is 32.2. The Morgan fingerprint density at radius 1 is 1.22 bits per heavy atom. The number of alkyl halides is 3. The van der Waals surface area contributed by atoms with Gasteiger partial charge in [-0.05, 0) is 56.5 Å². The standard InChI is InChI=1S/C12H21F3N2S/c13-12(14,15)18-7-6-17(11-3-4-11)9-10-2-1-5-16-8-10/h10-11,16H,1-9H2. The zero-order valence-corrected chi connectivity index (χ0v) is 11.3. The summed E-state index contributed by atoms with van der Waals surface area (Å²) in [6.45, 7) is 3.65. The molecule has 2 fully saturated rings. The van der Waals surface area contributed by atoms with Crippen LogP contribution in [0.25, 0.3) is 0 Å². The maximum atomic E-state index is 12.1. The second-order valence-electron chi connectivity index (χ2n) is 5.23. The van der Waals surface area contributed by atoms with Gasteiger partial charge < -0.3 is 5.32 Å². The zero-order chi connectivity index (χ0) is 13.0. The molecule has 1 saturated carbocycles. The first-order chi connectivity index (χ1) is 8.54. The van der Waals surface area contributed by atoms with Gasteiger partial charge in [-0.3, -0.25) is 4.90 Å². The SMILES string of the molecule is FC(F)(F)SCCN(CC1CCCNC1)C1CC1. The van der Waals surface area contributed by atoms with E-state index in [1.807, 2.05) is 0 Å². The van der Waals surface area contributed by atoms with Gasteiger partial charge in [-0.2, -0.15) is 13.2 Å². The Morgan fingerprint density at radius 2 is 2.00 bits per heavy atom. The molecule has 2 nitrogen and oxygen atoms in total. The third kappa shape index (κ3) is 5.36. The van der Waals surface area contributed by atoms with E-state index in [1.165, 1.54) is 12.8 Å². The first-order valence-corrected chi connectivity index (χ1v) is 7.68. The van der Waals surface area contributed by atoms with Crippen molar-refractivity contribution in [1.29, 1.82) is 0 Å². The Labute approximate surface area is 111 Å². The summed E-state index contributed by atoms with van der Waals surface area (Å²) in [5, 5.41) is 3.37. The number of nitrogens with one attached hydrogen (secondary N) is 1. The van der Waals surface area contributed by atoms with Crippen LogP contribution in [0, 0.1) is 5.92 Å². The second kappa shape index (κ2) is 6.48. The molecule has 0 bridgehead atoms. The summed E-state index contributed by atoms with van der Waals surface area (Å²) in [7, 11) is 0. The summed E-state index contributed by atoms with van der Waals surface area (Å²) in [6.07, 6.45) is 4.73. The zero-order valence-electron chi connectivity index (χ0n) is 10.5. The summed E-state index contributed by atoms with van der Waals surface area (Å²) in [4.78, 5) is 2.27. The van der Waals surface area contributed by atoms with Gasteiger partial charge in [-0.25, -0.2) is 0 Å². The smallest absolute Gasteiger partial charge is 0.316 e. The van der Waals surface area contributed by atoms with Crippen LogP contribution >= 0.6 is 11.8 Å². The number of rotatable bonds is 6. The Kier molecular flexibility index (Phi) is 5.21. The van der Waals surface area contributed by atoms with Gasteiger partial charge in [0, 0.05) is 24.9 Å². The monoisotopic (exact) mass is 282 g/mol. The molecule has 1 N–H and O–H groups in total. The van der Waals surface area contributed by atoms with Crippen molar-refractivity contribution >= 4 is 11.8 Å². The van der Waals surface area contributed by atoms with E-state index in [2.05, 4.69) is 10.2 Å². The van der Waals surface area contributed by atoms with Gasteiger partial charge in [-0.1, -0.05) is 0 Å². The number of nitrogens with zero attached hydrogens (tertiary/aromatic N) is 1. The average Bonchev–Trinajstić information content (AvgIpc) is 3.11. The van der Waals surface area contributed by atoms with Crippen LogP contribution in [0.15, 0.2) is 0 Å². The molecule has 0 aromatic rings. The molecule has 1 aliphatic heterocycles. The van der Waals surface area contributed by atoms with E-state index >= 15 is 0 Å². The highest BCUT2D eigenvalue weighted by molar-refractivity contribution is 8.00. The van der Waals surface area contributed by atoms with Crippen molar-refractivity contribution in [1.82, 2.24) is 10.2 Å². The Morgan fingerprint density at radius 3 is 2.56 bits per heavy atom. The fraction of sp³-hybridized carbons (Fsp3) is 1.00. The molecule has 2 rings (SSSR count). The quantitative estimate of drug-likeness (QED) is 0.806. The Hall–Kier alpha value is 0.0600. The minimum Gasteiger partial charge on any atom is -0.316 e.